The third-order valence-electron chi connectivity index (χ3n) is 9.04. The Bertz CT molecular complexity index is 1680. The number of aryl methyl sites for hydroxylation is 2. The molecule has 0 N–H and O–H groups in total. The molecule has 5 aromatic rings. The molecule has 4 heteroatoms. The molecule has 0 aliphatic heterocycles. The molecule has 0 atom stereocenters. The fourth-order valence-electron chi connectivity index (χ4n) is 6.45. The van der Waals surface area contributed by atoms with Crippen molar-refractivity contribution in [2.45, 2.75) is 67.2 Å². The molecule has 0 saturated carbocycles. The molecule has 1 heterocycles. The van der Waals surface area contributed by atoms with Crippen LogP contribution in [0.3, 0.4) is 0 Å². The first-order valence-corrected chi connectivity index (χ1v) is 18.5. The van der Waals surface area contributed by atoms with Crippen LogP contribution in [-0.4, -0.2) is 36.1 Å². The highest BCUT2D eigenvalue weighted by Gasteiger charge is 2.12. The summed E-state index contributed by atoms with van der Waals surface area (Å²) < 4.78 is 0. The number of anilines is 2. The fourth-order valence-corrected chi connectivity index (χ4v) is 6.45. The largest absolute Gasteiger partial charge is 0.372 e. The Labute approximate surface area is 301 Å². The van der Waals surface area contributed by atoms with Gasteiger partial charge in [-0.15, -0.1) is 0 Å². The van der Waals surface area contributed by atoms with Gasteiger partial charge >= 0.3 is 0 Å². The van der Waals surface area contributed by atoms with E-state index >= 15 is 0 Å². The zero-order valence-corrected chi connectivity index (χ0v) is 31.0. The van der Waals surface area contributed by atoms with Gasteiger partial charge in [0.2, 0.25) is 0 Å². The highest BCUT2D eigenvalue weighted by Crippen LogP contribution is 2.28. The third kappa shape index (κ3) is 9.59. The molecule has 5 rings (SSSR count). The van der Waals surface area contributed by atoms with Crippen LogP contribution in [0.4, 0.5) is 11.4 Å². The molecule has 0 amide bonds. The van der Waals surface area contributed by atoms with Crippen molar-refractivity contribution in [2.24, 2.45) is 0 Å². The van der Waals surface area contributed by atoms with Gasteiger partial charge in [-0.05, 0) is 86.1 Å². The molecule has 4 aromatic carbocycles. The highest BCUT2D eigenvalue weighted by atomic mass is 15.1. The predicted molar refractivity (Wildman–Crippen MR) is 219 cm³/mol. The molecule has 50 heavy (non-hydrogen) atoms. The third-order valence-corrected chi connectivity index (χ3v) is 9.04. The smallest absolute Gasteiger partial charge is 0.0918 e. The fraction of sp³-hybridized carbons (Fsp3) is 0.304. The second kappa shape index (κ2) is 18.2. The van der Waals surface area contributed by atoms with Crippen molar-refractivity contribution in [3.63, 3.8) is 0 Å². The maximum absolute atomic E-state index is 5.03. The van der Waals surface area contributed by atoms with E-state index in [0.29, 0.717) is 0 Å². The molecule has 0 fully saturated rings. The van der Waals surface area contributed by atoms with Gasteiger partial charge in [0.05, 0.1) is 22.8 Å². The molecular formula is C46H54N4. The maximum atomic E-state index is 5.03. The van der Waals surface area contributed by atoms with E-state index in [9.17, 15) is 0 Å². The Balaban J connectivity index is 1.22. The van der Waals surface area contributed by atoms with E-state index in [1.165, 1.54) is 22.5 Å². The topological polar surface area (TPSA) is 32.3 Å². The Kier molecular flexibility index (Phi) is 13.2. The van der Waals surface area contributed by atoms with Crippen LogP contribution in [0.5, 0.6) is 0 Å². The van der Waals surface area contributed by atoms with Gasteiger partial charge in [-0.25, -0.2) is 9.97 Å². The van der Waals surface area contributed by atoms with E-state index in [-0.39, 0.29) is 0 Å². The van der Waals surface area contributed by atoms with Gasteiger partial charge < -0.3 is 9.80 Å². The second-order valence-corrected chi connectivity index (χ2v) is 13.2. The summed E-state index contributed by atoms with van der Waals surface area (Å²) in [6.07, 6.45) is 13.3. The zero-order chi connectivity index (χ0) is 35.3. The second-order valence-electron chi connectivity index (χ2n) is 13.2. The van der Waals surface area contributed by atoms with Gasteiger partial charge in [0.25, 0.3) is 0 Å². The number of rotatable bonds is 16. The minimum absolute atomic E-state index is 0.929. The summed E-state index contributed by atoms with van der Waals surface area (Å²) in [7, 11) is 0. The lowest BCUT2D eigenvalue weighted by atomic mass is 10.0. The lowest BCUT2D eigenvalue weighted by Crippen LogP contribution is -2.24. The molecule has 0 bridgehead atoms. The first-order valence-electron chi connectivity index (χ1n) is 18.5. The Morgan fingerprint density at radius 3 is 0.920 bits per heavy atom. The lowest BCUT2D eigenvalue weighted by Gasteiger charge is -2.23. The normalized spacial score (nSPS) is 11.5. The van der Waals surface area contributed by atoms with Gasteiger partial charge in [0.1, 0.15) is 0 Å². The van der Waals surface area contributed by atoms with Crippen LogP contribution < -0.4 is 9.80 Å². The summed E-state index contributed by atoms with van der Waals surface area (Å²) in [5, 5.41) is 0. The average Bonchev–Trinajstić information content (AvgIpc) is 3.15. The lowest BCUT2D eigenvalue weighted by molar-refractivity contribution is 0.745. The van der Waals surface area contributed by atoms with Gasteiger partial charge in [-0.1, -0.05) is 125 Å². The van der Waals surface area contributed by atoms with E-state index in [4.69, 9.17) is 9.97 Å². The molecular weight excluding hydrogens is 609 g/mol. The van der Waals surface area contributed by atoms with Crippen LogP contribution in [0.1, 0.15) is 87.0 Å². The molecule has 1 aromatic heterocycles. The molecule has 258 valence electrons. The van der Waals surface area contributed by atoms with Gasteiger partial charge in [0.15, 0.2) is 0 Å². The summed E-state index contributed by atoms with van der Waals surface area (Å²) in [6, 6.07) is 35.0. The van der Waals surface area contributed by atoms with Crippen molar-refractivity contribution in [3.05, 3.63) is 131 Å². The van der Waals surface area contributed by atoms with Crippen LogP contribution in [-0.2, 0) is 0 Å². The average molecular weight is 663 g/mol. The number of aromatic nitrogens is 2. The summed E-state index contributed by atoms with van der Waals surface area (Å²) in [6.45, 7) is 17.5. The van der Waals surface area contributed by atoms with E-state index in [2.05, 4.69) is 173 Å². The number of benzene rings is 4. The van der Waals surface area contributed by atoms with E-state index in [1.54, 1.807) is 0 Å². The van der Waals surface area contributed by atoms with Crippen molar-refractivity contribution >= 4 is 35.7 Å². The minimum atomic E-state index is 0.929. The first kappa shape index (κ1) is 36.3. The van der Waals surface area contributed by atoms with Crippen molar-refractivity contribution in [2.75, 3.05) is 36.0 Å². The molecule has 0 aliphatic rings. The molecule has 4 nitrogen and oxygen atoms in total. The molecule has 0 unspecified atom stereocenters. The Morgan fingerprint density at radius 1 is 0.400 bits per heavy atom. The number of hydrogen-bond donors (Lipinski definition) is 0. The monoisotopic (exact) mass is 662 g/mol. The SMILES string of the molecule is CCCN(CCC)c1ccc(/C=C/c2ccc(-c3nc(C)c(-c4ccc(/C=C/c5ccc(N(CCC)CCC)cc5)cc4)nc3C)cc2)cc1. The van der Waals surface area contributed by atoms with Crippen molar-refractivity contribution in [1.82, 2.24) is 9.97 Å². The van der Waals surface area contributed by atoms with E-state index < -0.39 is 0 Å². The van der Waals surface area contributed by atoms with Gasteiger partial charge in [-0.3, -0.25) is 0 Å². The highest BCUT2D eigenvalue weighted by molar-refractivity contribution is 5.75. The summed E-state index contributed by atoms with van der Waals surface area (Å²) in [5.41, 5.74) is 13.2. The molecule has 0 radical (unpaired) electrons. The summed E-state index contributed by atoms with van der Waals surface area (Å²) in [5.74, 6) is 0. The molecule has 0 aliphatic carbocycles. The van der Waals surface area contributed by atoms with E-state index in [0.717, 1.165) is 96.9 Å². The Morgan fingerprint density at radius 2 is 0.660 bits per heavy atom. The summed E-state index contributed by atoms with van der Waals surface area (Å²) >= 11 is 0. The first-order chi connectivity index (χ1) is 24.4. The maximum Gasteiger partial charge on any atom is 0.0918 e. The van der Waals surface area contributed by atoms with Crippen LogP contribution in [0.25, 0.3) is 46.8 Å². The predicted octanol–water partition coefficient (Wildman–Crippen LogP) is 12.0. The number of hydrogen-bond acceptors (Lipinski definition) is 4. The number of nitrogens with zero attached hydrogens (tertiary/aromatic N) is 4. The van der Waals surface area contributed by atoms with E-state index in [1.807, 2.05) is 0 Å². The van der Waals surface area contributed by atoms with Crippen molar-refractivity contribution < 1.29 is 0 Å². The zero-order valence-electron chi connectivity index (χ0n) is 31.0. The molecule has 0 spiro atoms. The molecule has 0 saturated heterocycles. The van der Waals surface area contributed by atoms with Crippen molar-refractivity contribution in [1.29, 1.82) is 0 Å². The van der Waals surface area contributed by atoms with Crippen LogP contribution in [0.15, 0.2) is 97.1 Å². The Hall–Kier alpha value is -4.96. The van der Waals surface area contributed by atoms with Gasteiger partial charge in [-0.2, -0.15) is 0 Å². The van der Waals surface area contributed by atoms with Crippen molar-refractivity contribution in [3.8, 4) is 22.5 Å². The van der Waals surface area contributed by atoms with Gasteiger partial charge in [0, 0.05) is 48.7 Å². The quantitative estimate of drug-likeness (QED) is 0.0984. The van der Waals surface area contributed by atoms with Crippen LogP contribution >= 0.6 is 0 Å². The van der Waals surface area contributed by atoms with Crippen LogP contribution in [0, 0.1) is 13.8 Å². The van der Waals surface area contributed by atoms with Crippen LogP contribution in [0.2, 0.25) is 0 Å². The summed E-state index contributed by atoms with van der Waals surface area (Å²) in [4.78, 5) is 15.0. The standard InChI is InChI=1S/C46H54N4/c1-7-31-49(32-8-2)43-27-19-39(20-28-43)13-11-37-15-23-41(24-16-37)45-35(5)48-46(36(6)47-45)42-25-17-38(18-26-42)12-14-40-21-29-44(30-22-40)50(33-9-3)34-10-4/h11-30H,7-10,31-34H2,1-6H3/b13-11+,14-12+. The minimum Gasteiger partial charge on any atom is -0.372 e.